The Hall–Kier alpha value is -2.97. The van der Waals surface area contributed by atoms with Crippen LogP contribution in [0.1, 0.15) is 42.0 Å². The summed E-state index contributed by atoms with van der Waals surface area (Å²) in [6.45, 7) is 2.16. The van der Waals surface area contributed by atoms with E-state index in [1.807, 2.05) is 6.92 Å². The molecule has 0 aromatic heterocycles. The summed E-state index contributed by atoms with van der Waals surface area (Å²) in [4.78, 5) is 11.9. The SMILES string of the molecule is CCCCOc1ccc(/C=C/C(=O)NCc2cc(C(F)(F)F)cc(C(F)(F)F)c2)cc1. The summed E-state index contributed by atoms with van der Waals surface area (Å²) >= 11 is 0. The van der Waals surface area contributed by atoms with Crippen molar-refractivity contribution in [2.24, 2.45) is 0 Å². The van der Waals surface area contributed by atoms with Gasteiger partial charge in [0.2, 0.25) is 5.91 Å². The van der Waals surface area contributed by atoms with Crippen molar-refractivity contribution in [2.75, 3.05) is 6.61 Å². The minimum atomic E-state index is -4.94. The number of hydrogen-bond donors (Lipinski definition) is 1. The highest BCUT2D eigenvalue weighted by atomic mass is 19.4. The molecular weight excluding hydrogens is 424 g/mol. The highest BCUT2D eigenvalue weighted by Crippen LogP contribution is 2.36. The zero-order valence-electron chi connectivity index (χ0n) is 16.6. The Morgan fingerprint density at radius 1 is 0.968 bits per heavy atom. The van der Waals surface area contributed by atoms with Crippen molar-refractivity contribution in [1.29, 1.82) is 0 Å². The molecule has 0 heterocycles. The third-order valence-corrected chi connectivity index (χ3v) is 4.19. The van der Waals surface area contributed by atoms with E-state index < -0.39 is 35.9 Å². The molecule has 0 radical (unpaired) electrons. The van der Waals surface area contributed by atoms with Crippen LogP contribution >= 0.6 is 0 Å². The van der Waals surface area contributed by atoms with Crippen LogP contribution in [0.4, 0.5) is 26.3 Å². The van der Waals surface area contributed by atoms with Crippen molar-refractivity contribution in [3.05, 3.63) is 70.8 Å². The van der Waals surface area contributed by atoms with Gasteiger partial charge in [0.1, 0.15) is 5.75 Å². The summed E-state index contributed by atoms with van der Waals surface area (Å²) < 4.78 is 82.8. The minimum Gasteiger partial charge on any atom is -0.494 e. The van der Waals surface area contributed by atoms with Gasteiger partial charge in [0, 0.05) is 12.6 Å². The van der Waals surface area contributed by atoms with Crippen molar-refractivity contribution in [3.63, 3.8) is 0 Å². The number of carbonyl (C=O) groups is 1. The van der Waals surface area contributed by atoms with Crippen molar-refractivity contribution in [3.8, 4) is 5.75 Å². The topological polar surface area (TPSA) is 38.3 Å². The van der Waals surface area contributed by atoms with Gasteiger partial charge in [-0.15, -0.1) is 0 Å². The quantitative estimate of drug-likeness (QED) is 0.297. The standard InChI is InChI=1S/C22H21F6NO2/c1-2-3-10-31-19-7-4-15(5-8-19)6-9-20(30)29-14-16-11-17(21(23,24)25)13-18(12-16)22(26,27)28/h4-9,11-13H,2-3,10,14H2,1H3,(H,29,30)/b9-6+. The van der Waals surface area contributed by atoms with Crippen molar-refractivity contribution < 1.29 is 35.9 Å². The Balaban J connectivity index is 2.00. The van der Waals surface area contributed by atoms with Crippen LogP contribution < -0.4 is 10.1 Å². The van der Waals surface area contributed by atoms with Gasteiger partial charge < -0.3 is 10.1 Å². The molecule has 0 atom stereocenters. The molecule has 0 aliphatic rings. The van der Waals surface area contributed by atoms with Gasteiger partial charge in [-0.25, -0.2) is 0 Å². The molecule has 3 nitrogen and oxygen atoms in total. The van der Waals surface area contributed by atoms with Crippen LogP contribution in [0.5, 0.6) is 5.75 Å². The molecule has 1 amide bonds. The van der Waals surface area contributed by atoms with Gasteiger partial charge in [-0.2, -0.15) is 26.3 Å². The van der Waals surface area contributed by atoms with E-state index in [0.717, 1.165) is 18.9 Å². The molecule has 0 saturated carbocycles. The lowest BCUT2D eigenvalue weighted by atomic mass is 10.0. The second kappa shape index (κ2) is 10.4. The first-order chi connectivity index (χ1) is 14.5. The molecule has 0 saturated heterocycles. The first kappa shape index (κ1) is 24.3. The van der Waals surface area contributed by atoms with Gasteiger partial charge in [-0.05, 0) is 54.0 Å². The van der Waals surface area contributed by atoms with Crippen LogP contribution in [0.25, 0.3) is 6.08 Å². The number of ether oxygens (including phenoxy) is 1. The normalized spacial score (nSPS) is 12.2. The number of hydrogen-bond acceptors (Lipinski definition) is 2. The lowest BCUT2D eigenvalue weighted by molar-refractivity contribution is -0.143. The fourth-order valence-electron chi connectivity index (χ4n) is 2.55. The van der Waals surface area contributed by atoms with Gasteiger partial charge in [-0.3, -0.25) is 4.79 Å². The average molecular weight is 445 g/mol. The average Bonchev–Trinajstić information content (AvgIpc) is 2.70. The number of alkyl halides is 6. The molecule has 0 unspecified atom stereocenters. The molecule has 0 fully saturated rings. The molecule has 31 heavy (non-hydrogen) atoms. The monoisotopic (exact) mass is 445 g/mol. The highest BCUT2D eigenvalue weighted by molar-refractivity contribution is 5.91. The van der Waals surface area contributed by atoms with E-state index in [0.29, 0.717) is 30.1 Å². The van der Waals surface area contributed by atoms with Crippen LogP contribution in [0, 0.1) is 0 Å². The second-order valence-electron chi connectivity index (χ2n) is 6.74. The molecule has 1 N–H and O–H groups in total. The Morgan fingerprint density at radius 2 is 1.55 bits per heavy atom. The maximum absolute atomic E-state index is 12.9. The minimum absolute atomic E-state index is 0.0425. The van der Waals surface area contributed by atoms with Crippen molar-refractivity contribution >= 4 is 12.0 Å². The molecule has 0 aliphatic carbocycles. The fraction of sp³-hybridized carbons (Fsp3) is 0.318. The number of nitrogens with one attached hydrogen (secondary N) is 1. The molecule has 2 aromatic carbocycles. The number of amides is 1. The zero-order valence-corrected chi connectivity index (χ0v) is 16.6. The smallest absolute Gasteiger partial charge is 0.416 e. The molecule has 9 heteroatoms. The second-order valence-corrected chi connectivity index (χ2v) is 6.74. The van der Waals surface area contributed by atoms with Gasteiger partial charge in [0.25, 0.3) is 0 Å². The summed E-state index contributed by atoms with van der Waals surface area (Å²) in [6.07, 6.45) is -5.32. The molecule has 2 aromatic rings. The van der Waals surface area contributed by atoms with Gasteiger partial charge in [0.15, 0.2) is 0 Å². The fourth-order valence-corrected chi connectivity index (χ4v) is 2.55. The van der Waals surface area contributed by atoms with E-state index in [1.54, 1.807) is 24.3 Å². The van der Waals surface area contributed by atoms with E-state index in [9.17, 15) is 31.1 Å². The van der Waals surface area contributed by atoms with Crippen LogP contribution in [-0.4, -0.2) is 12.5 Å². The molecule has 0 aliphatic heterocycles. The Morgan fingerprint density at radius 3 is 2.06 bits per heavy atom. The summed E-state index contributed by atoms with van der Waals surface area (Å²) in [5.74, 6) is 0.0225. The molecule has 2 rings (SSSR count). The maximum atomic E-state index is 12.9. The third-order valence-electron chi connectivity index (χ3n) is 4.19. The Labute approximate surface area is 175 Å². The summed E-state index contributed by atoms with van der Waals surface area (Å²) in [5.41, 5.74) is -2.49. The van der Waals surface area contributed by atoms with E-state index in [2.05, 4.69) is 5.32 Å². The zero-order chi connectivity index (χ0) is 23.1. The van der Waals surface area contributed by atoms with Crippen LogP contribution in [-0.2, 0) is 23.7 Å². The van der Waals surface area contributed by atoms with E-state index in [-0.39, 0.29) is 11.6 Å². The molecule has 0 spiro atoms. The van der Waals surface area contributed by atoms with Gasteiger partial charge in [-0.1, -0.05) is 25.5 Å². The van der Waals surface area contributed by atoms with E-state index in [4.69, 9.17) is 4.74 Å². The molecular formula is C22H21F6NO2. The Kier molecular flexibility index (Phi) is 8.13. The highest BCUT2D eigenvalue weighted by Gasteiger charge is 2.36. The lowest BCUT2D eigenvalue weighted by Gasteiger charge is -2.14. The predicted molar refractivity (Wildman–Crippen MR) is 104 cm³/mol. The number of benzene rings is 2. The summed E-state index contributed by atoms with van der Waals surface area (Å²) in [7, 11) is 0. The van der Waals surface area contributed by atoms with Crippen LogP contribution in [0.15, 0.2) is 48.5 Å². The number of halogens is 6. The maximum Gasteiger partial charge on any atom is 0.416 e. The van der Waals surface area contributed by atoms with Crippen LogP contribution in [0.3, 0.4) is 0 Å². The van der Waals surface area contributed by atoms with E-state index >= 15 is 0 Å². The van der Waals surface area contributed by atoms with Crippen molar-refractivity contribution in [1.82, 2.24) is 5.32 Å². The summed E-state index contributed by atoms with van der Waals surface area (Å²) in [5, 5.41) is 2.29. The third kappa shape index (κ3) is 7.99. The predicted octanol–water partition coefficient (Wildman–Crippen LogP) is 6.23. The van der Waals surface area contributed by atoms with Gasteiger partial charge >= 0.3 is 12.4 Å². The first-order valence-electron chi connectivity index (χ1n) is 9.46. The first-order valence-corrected chi connectivity index (χ1v) is 9.46. The number of unbranched alkanes of at least 4 members (excludes halogenated alkanes) is 1. The molecule has 168 valence electrons. The van der Waals surface area contributed by atoms with Gasteiger partial charge in [0.05, 0.1) is 17.7 Å². The lowest BCUT2D eigenvalue weighted by Crippen LogP contribution is -2.21. The number of rotatable bonds is 8. The van der Waals surface area contributed by atoms with Crippen molar-refractivity contribution in [2.45, 2.75) is 38.7 Å². The largest absolute Gasteiger partial charge is 0.494 e. The molecule has 0 bridgehead atoms. The Bertz CT molecular complexity index is 869. The number of carbonyl (C=O) groups excluding carboxylic acids is 1. The summed E-state index contributed by atoms with van der Waals surface area (Å²) in [6, 6.07) is 8.10. The van der Waals surface area contributed by atoms with Crippen LogP contribution in [0.2, 0.25) is 0 Å². The van der Waals surface area contributed by atoms with E-state index in [1.165, 1.54) is 6.08 Å².